The van der Waals surface area contributed by atoms with Crippen molar-refractivity contribution < 1.29 is 15.3 Å². The number of thiophene rings is 1. The van der Waals surface area contributed by atoms with Crippen LogP contribution in [0.4, 0.5) is 5.69 Å². The summed E-state index contributed by atoms with van der Waals surface area (Å²) in [6.07, 6.45) is 0. The molecule has 2 aromatic rings. The predicted molar refractivity (Wildman–Crippen MR) is 86.1 cm³/mol. The number of quaternary nitrogens is 1. The zero-order chi connectivity index (χ0) is 15.6. The van der Waals surface area contributed by atoms with E-state index >= 15 is 0 Å². The van der Waals surface area contributed by atoms with Crippen molar-refractivity contribution in [3.05, 3.63) is 40.2 Å². The van der Waals surface area contributed by atoms with Crippen LogP contribution in [0.25, 0.3) is 10.4 Å². The van der Waals surface area contributed by atoms with E-state index in [4.69, 9.17) is 34.8 Å². The van der Waals surface area contributed by atoms with Gasteiger partial charge in [-0.05, 0) is 23.8 Å². The molecule has 1 aromatic heterocycles. The van der Waals surface area contributed by atoms with Gasteiger partial charge in [0.15, 0.2) is 9.71 Å². The van der Waals surface area contributed by atoms with Crippen LogP contribution in [0.3, 0.4) is 0 Å². The number of carbonyl (C=O) groups excluding carboxylic acids is 2. The van der Waals surface area contributed by atoms with Gasteiger partial charge in [0, 0.05) is 9.90 Å². The summed E-state index contributed by atoms with van der Waals surface area (Å²) in [5, 5.41) is 3.13. The van der Waals surface area contributed by atoms with E-state index < -0.39 is 16.7 Å². The number of rotatable bonds is 4. The van der Waals surface area contributed by atoms with Gasteiger partial charge in [-0.15, -0.1) is 11.3 Å². The van der Waals surface area contributed by atoms with E-state index in [1.807, 2.05) is 12.1 Å². The highest BCUT2D eigenvalue weighted by Gasteiger charge is 2.21. The van der Waals surface area contributed by atoms with Gasteiger partial charge in [-0.1, -0.05) is 46.9 Å². The van der Waals surface area contributed by atoms with Crippen molar-refractivity contribution in [1.82, 2.24) is 0 Å². The second-order valence-electron chi connectivity index (χ2n) is 4.07. The lowest BCUT2D eigenvalue weighted by molar-refractivity contribution is -0.254. The lowest BCUT2D eigenvalue weighted by Crippen LogP contribution is -2.56. The van der Waals surface area contributed by atoms with Crippen LogP contribution in [-0.4, -0.2) is 16.7 Å². The first kappa shape index (κ1) is 16.3. The fourth-order valence-corrected chi connectivity index (χ4v) is 2.85. The average molecular weight is 365 g/mol. The van der Waals surface area contributed by atoms with E-state index in [9.17, 15) is 9.59 Å². The number of hydrogen-bond acceptors (Lipinski definition) is 3. The van der Waals surface area contributed by atoms with Crippen LogP contribution in [0.2, 0.25) is 5.02 Å². The Labute approximate surface area is 139 Å². The van der Waals surface area contributed by atoms with Gasteiger partial charge < -0.3 is 5.32 Å². The highest BCUT2D eigenvalue weighted by atomic mass is 35.5. The lowest BCUT2D eigenvalue weighted by Gasteiger charge is -2.03. The minimum Gasteiger partial charge on any atom is -0.322 e. The van der Waals surface area contributed by atoms with Gasteiger partial charge in [0.25, 0.3) is 5.91 Å². The van der Waals surface area contributed by atoms with Crippen molar-refractivity contribution in [3.8, 4) is 10.4 Å². The molecule has 0 fully saturated rings. The summed E-state index contributed by atoms with van der Waals surface area (Å²) < 4.78 is 0. The Bertz CT molecular complexity index is 683. The number of alkyl halides is 2. The Morgan fingerprint density at radius 3 is 2.33 bits per heavy atom. The molecule has 8 heteroatoms. The summed E-state index contributed by atoms with van der Waals surface area (Å²) >= 11 is 18.1. The molecule has 0 aliphatic heterocycles. The molecule has 4 N–H and O–H groups in total. The van der Waals surface area contributed by atoms with Crippen LogP contribution >= 0.6 is 46.1 Å². The number of carbonyl (C=O) groups is 2. The Hall–Kier alpha value is -1.11. The molecule has 1 heterocycles. The van der Waals surface area contributed by atoms with Crippen molar-refractivity contribution in [2.45, 2.75) is 4.84 Å². The molecule has 0 unspecified atom stereocenters. The Balaban J connectivity index is 2.39. The van der Waals surface area contributed by atoms with E-state index in [0.29, 0.717) is 15.6 Å². The van der Waals surface area contributed by atoms with E-state index in [1.54, 1.807) is 18.2 Å². The fraction of sp³-hybridized carbons (Fsp3) is 0.0769. The first-order valence-corrected chi connectivity index (χ1v) is 7.80. The Morgan fingerprint density at radius 2 is 1.81 bits per heavy atom. The maximum absolute atomic E-state index is 11.6. The topological polar surface area (TPSA) is 73.8 Å². The van der Waals surface area contributed by atoms with Gasteiger partial charge in [0.1, 0.15) is 0 Å². The zero-order valence-electron chi connectivity index (χ0n) is 10.5. The molecule has 2 rings (SSSR count). The van der Waals surface area contributed by atoms with Gasteiger partial charge in [-0.3, -0.25) is 10.5 Å². The number of anilines is 1. The van der Waals surface area contributed by atoms with Crippen LogP contribution in [0.5, 0.6) is 0 Å². The standard InChI is InChI=1S/C13H9Cl3N2O2S/c14-7-3-1-6(2-4-7)9-5-8(10(21-9)12(17)19)18-13(20)11(15)16/h1-5,11H,(H2,17,19)(H,18,20)/p+1. The van der Waals surface area contributed by atoms with Crippen LogP contribution < -0.4 is 11.1 Å². The molecule has 0 saturated heterocycles. The molecule has 0 aliphatic rings. The molecule has 0 atom stereocenters. The Morgan fingerprint density at radius 1 is 1.19 bits per heavy atom. The fourth-order valence-electron chi connectivity index (χ4n) is 1.63. The van der Waals surface area contributed by atoms with E-state index in [-0.39, 0.29) is 0 Å². The van der Waals surface area contributed by atoms with Gasteiger partial charge >= 0.3 is 5.91 Å². The molecule has 21 heavy (non-hydrogen) atoms. The summed E-state index contributed by atoms with van der Waals surface area (Å²) in [5.41, 5.74) is 4.60. The second kappa shape index (κ2) is 6.77. The van der Waals surface area contributed by atoms with Gasteiger partial charge in [0.05, 0.1) is 5.69 Å². The molecule has 0 spiro atoms. The Kier molecular flexibility index (Phi) is 5.24. The molecule has 2 amide bonds. The van der Waals surface area contributed by atoms with Crippen molar-refractivity contribution in [2.75, 3.05) is 5.32 Å². The summed E-state index contributed by atoms with van der Waals surface area (Å²) in [4.78, 5) is 23.1. The molecule has 0 saturated carbocycles. The van der Waals surface area contributed by atoms with Crippen molar-refractivity contribution >= 4 is 63.6 Å². The van der Waals surface area contributed by atoms with E-state index in [1.165, 1.54) is 11.3 Å². The zero-order valence-corrected chi connectivity index (χ0v) is 13.6. The molecular formula is C13H10Cl3N2O2S+. The number of benzene rings is 1. The summed E-state index contributed by atoms with van der Waals surface area (Å²) in [6.45, 7) is 0. The van der Waals surface area contributed by atoms with Gasteiger partial charge in [0.2, 0.25) is 0 Å². The minimum atomic E-state index is -1.21. The largest absolute Gasteiger partial charge is 0.353 e. The summed E-state index contributed by atoms with van der Waals surface area (Å²) in [6, 6.07) is 8.81. The smallest absolute Gasteiger partial charge is 0.322 e. The normalized spacial score (nSPS) is 10.7. The monoisotopic (exact) mass is 363 g/mol. The molecule has 1 aromatic carbocycles. The molecule has 0 aliphatic carbocycles. The molecule has 110 valence electrons. The third-order valence-electron chi connectivity index (χ3n) is 2.57. The molecule has 4 nitrogen and oxygen atoms in total. The third kappa shape index (κ3) is 3.96. The number of halogens is 3. The molecule has 0 bridgehead atoms. The maximum Gasteiger partial charge on any atom is 0.353 e. The molecular weight excluding hydrogens is 355 g/mol. The van der Waals surface area contributed by atoms with Gasteiger partial charge in [-0.2, -0.15) is 0 Å². The van der Waals surface area contributed by atoms with E-state index in [2.05, 4.69) is 11.1 Å². The number of hydrogen-bond donors (Lipinski definition) is 2. The SMILES string of the molecule is [NH3+]C(=O)c1sc(-c2ccc(Cl)cc2)cc1NC(=O)C(Cl)Cl. The third-order valence-corrected chi connectivity index (χ3v) is 4.44. The molecule has 0 radical (unpaired) electrons. The first-order valence-electron chi connectivity index (χ1n) is 5.73. The highest BCUT2D eigenvalue weighted by Crippen LogP contribution is 2.35. The van der Waals surface area contributed by atoms with Crippen LogP contribution in [0.15, 0.2) is 30.3 Å². The van der Waals surface area contributed by atoms with Crippen molar-refractivity contribution in [3.63, 3.8) is 0 Å². The van der Waals surface area contributed by atoms with Gasteiger partial charge in [-0.25, -0.2) is 4.79 Å². The van der Waals surface area contributed by atoms with Crippen molar-refractivity contribution in [2.24, 2.45) is 0 Å². The van der Waals surface area contributed by atoms with Crippen LogP contribution in [0.1, 0.15) is 9.67 Å². The lowest BCUT2D eigenvalue weighted by atomic mass is 10.2. The minimum absolute atomic E-state index is 0.335. The maximum atomic E-state index is 11.6. The number of nitrogens with one attached hydrogen (secondary N) is 1. The van der Waals surface area contributed by atoms with E-state index in [0.717, 1.165) is 10.4 Å². The number of amides is 2. The highest BCUT2D eigenvalue weighted by molar-refractivity contribution is 7.18. The summed E-state index contributed by atoms with van der Waals surface area (Å²) in [5.74, 6) is -0.988. The van der Waals surface area contributed by atoms with Crippen LogP contribution in [-0.2, 0) is 4.79 Å². The summed E-state index contributed by atoms with van der Waals surface area (Å²) in [7, 11) is 0. The quantitative estimate of drug-likeness (QED) is 0.818. The predicted octanol–water partition coefficient (Wildman–Crippen LogP) is 3.19. The average Bonchev–Trinajstić information content (AvgIpc) is 2.83. The first-order chi connectivity index (χ1) is 9.88. The van der Waals surface area contributed by atoms with Crippen molar-refractivity contribution in [1.29, 1.82) is 0 Å². The van der Waals surface area contributed by atoms with Crippen LogP contribution in [0, 0.1) is 0 Å². The second-order valence-corrected chi connectivity index (χ2v) is 6.66.